The summed E-state index contributed by atoms with van der Waals surface area (Å²) >= 11 is 5.74. The molecular weight excluding hydrogens is 315 g/mol. The SMILES string of the molecule is CC(C)S(=O)(=O)CCNc1c(Cl)cccc1C(F)(F)F. The molecule has 1 rings (SSSR count). The van der Waals surface area contributed by atoms with Gasteiger partial charge in [-0.3, -0.25) is 0 Å². The first-order valence-corrected chi connectivity index (χ1v) is 7.96. The van der Waals surface area contributed by atoms with Crippen LogP contribution >= 0.6 is 11.6 Å². The first-order chi connectivity index (χ1) is 9.05. The highest BCUT2D eigenvalue weighted by Crippen LogP contribution is 2.38. The van der Waals surface area contributed by atoms with Crippen LogP contribution in [0.15, 0.2) is 18.2 Å². The lowest BCUT2D eigenvalue weighted by atomic mass is 10.1. The maximum Gasteiger partial charge on any atom is 0.418 e. The van der Waals surface area contributed by atoms with E-state index in [9.17, 15) is 21.6 Å². The highest BCUT2D eigenvalue weighted by molar-refractivity contribution is 7.92. The largest absolute Gasteiger partial charge is 0.418 e. The first kappa shape index (κ1) is 17.1. The normalized spacial score (nSPS) is 12.8. The van der Waals surface area contributed by atoms with Crippen molar-refractivity contribution in [2.45, 2.75) is 25.3 Å². The summed E-state index contributed by atoms with van der Waals surface area (Å²) < 4.78 is 61.6. The van der Waals surface area contributed by atoms with Crippen molar-refractivity contribution in [3.8, 4) is 0 Å². The van der Waals surface area contributed by atoms with Gasteiger partial charge in [0, 0.05) is 6.54 Å². The Bertz CT molecular complexity index is 571. The van der Waals surface area contributed by atoms with Gasteiger partial charge in [0.2, 0.25) is 0 Å². The fourth-order valence-electron chi connectivity index (χ4n) is 1.49. The Morgan fingerprint density at radius 2 is 1.90 bits per heavy atom. The number of hydrogen-bond acceptors (Lipinski definition) is 3. The summed E-state index contributed by atoms with van der Waals surface area (Å²) in [6.07, 6.45) is -4.55. The van der Waals surface area contributed by atoms with E-state index in [-0.39, 0.29) is 23.0 Å². The molecule has 8 heteroatoms. The van der Waals surface area contributed by atoms with E-state index < -0.39 is 26.8 Å². The van der Waals surface area contributed by atoms with Crippen molar-refractivity contribution < 1.29 is 21.6 Å². The molecule has 0 aliphatic heterocycles. The third-order valence-corrected chi connectivity index (χ3v) is 5.25. The lowest BCUT2D eigenvalue weighted by molar-refractivity contribution is -0.136. The van der Waals surface area contributed by atoms with Gasteiger partial charge in [0.1, 0.15) is 0 Å². The lowest BCUT2D eigenvalue weighted by Crippen LogP contribution is -2.23. The molecule has 3 nitrogen and oxygen atoms in total. The molecule has 0 spiro atoms. The van der Waals surface area contributed by atoms with Crippen LogP contribution in [0.4, 0.5) is 18.9 Å². The van der Waals surface area contributed by atoms with Crippen LogP contribution in [0, 0.1) is 0 Å². The second-order valence-electron chi connectivity index (χ2n) is 4.50. The van der Waals surface area contributed by atoms with Crippen LogP contribution in [0.2, 0.25) is 5.02 Å². The molecule has 0 heterocycles. The quantitative estimate of drug-likeness (QED) is 0.898. The number of nitrogens with one attached hydrogen (secondary N) is 1. The highest BCUT2D eigenvalue weighted by Gasteiger charge is 2.34. The topological polar surface area (TPSA) is 46.2 Å². The van der Waals surface area contributed by atoms with E-state index in [0.29, 0.717) is 0 Å². The predicted molar refractivity (Wildman–Crippen MR) is 73.9 cm³/mol. The van der Waals surface area contributed by atoms with E-state index in [2.05, 4.69) is 5.32 Å². The van der Waals surface area contributed by atoms with Crippen LogP contribution in [-0.2, 0) is 16.0 Å². The molecule has 0 saturated heterocycles. The van der Waals surface area contributed by atoms with Crippen molar-refractivity contribution in [1.82, 2.24) is 0 Å². The Morgan fingerprint density at radius 3 is 2.40 bits per heavy atom. The Labute approximate surface area is 121 Å². The number of alkyl halides is 3. The smallest absolute Gasteiger partial charge is 0.382 e. The van der Waals surface area contributed by atoms with Gasteiger partial charge in [0.15, 0.2) is 9.84 Å². The zero-order valence-corrected chi connectivity index (χ0v) is 12.5. The number of sulfone groups is 1. The van der Waals surface area contributed by atoms with Gasteiger partial charge in [-0.1, -0.05) is 17.7 Å². The van der Waals surface area contributed by atoms with Crippen molar-refractivity contribution in [2.75, 3.05) is 17.6 Å². The zero-order chi connectivity index (χ0) is 15.6. The summed E-state index contributed by atoms with van der Waals surface area (Å²) in [6, 6.07) is 3.41. The fourth-order valence-corrected chi connectivity index (χ4v) is 2.59. The molecular formula is C12H15ClF3NO2S. The van der Waals surface area contributed by atoms with E-state index in [1.165, 1.54) is 26.0 Å². The molecule has 1 aromatic rings. The number of hydrogen-bond donors (Lipinski definition) is 1. The van der Waals surface area contributed by atoms with Gasteiger partial charge >= 0.3 is 6.18 Å². The second kappa shape index (κ2) is 6.22. The Morgan fingerprint density at radius 1 is 1.30 bits per heavy atom. The van der Waals surface area contributed by atoms with Crippen LogP contribution in [0.25, 0.3) is 0 Å². The highest BCUT2D eigenvalue weighted by atomic mass is 35.5. The molecule has 0 fully saturated rings. The summed E-state index contributed by atoms with van der Waals surface area (Å²) in [7, 11) is -3.32. The molecule has 0 aliphatic carbocycles. The van der Waals surface area contributed by atoms with Gasteiger partial charge < -0.3 is 5.32 Å². The number of rotatable bonds is 5. The number of para-hydroxylation sites is 1. The minimum absolute atomic E-state index is 0.0956. The molecule has 0 radical (unpaired) electrons. The van der Waals surface area contributed by atoms with Gasteiger partial charge in [0.05, 0.1) is 27.3 Å². The minimum atomic E-state index is -4.55. The molecule has 0 aromatic heterocycles. The first-order valence-electron chi connectivity index (χ1n) is 5.87. The summed E-state index contributed by atoms with van der Waals surface area (Å²) in [5, 5.41) is 1.80. The summed E-state index contributed by atoms with van der Waals surface area (Å²) in [6.45, 7) is 2.91. The van der Waals surface area contributed by atoms with Crippen LogP contribution in [0.5, 0.6) is 0 Å². The fraction of sp³-hybridized carbons (Fsp3) is 0.500. The Kier molecular flexibility index (Phi) is 5.32. The molecule has 0 bridgehead atoms. The number of anilines is 1. The predicted octanol–water partition coefficient (Wildman–Crippen LogP) is 3.59. The summed E-state index contributed by atoms with van der Waals surface area (Å²) in [5.74, 6) is -0.257. The molecule has 1 aromatic carbocycles. The van der Waals surface area contributed by atoms with Crippen molar-refractivity contribution in [1.29, 1.82) is 0 Å². The van der Waals surface area contributed by atoms with Gasteiger partial charge in [-0.05, 0) is 26.0 Å². The number of benzene rings is 1. The van der Waals surface area contributed by atoms with Crippen LogP contribution in [0.1, 0.15) is 19.4 Å². The van der Waals surface area contributed by atoms with E-state index in [4.69, 9.17) is 11.6 Å². The molecule has 20 heavy (non-hydrogen) atoms. The van der Waals surface area contributed by atoms with Crippen LogP contribution in [0.3, 0.4) is 0 Å². The average Bonchev–Trinajstić information content (AvgIpc) is 2.29. The summed E-state index contributed by atoms with van der Waals surface area (Å²) in [4.78, 5) is 0. The number of halogens is 4. The van der Waals surface area contributed by atoms with E-state index in [1.54, 1.807) is 0 Å². The molecule has 1 N–H and O–H groups in total. The second-order valence-corrected chi connectivity index (χ2v) is 7.59. The maximum absolute atomic E-state index is 12.8. The van der Waals surface area contributed by atoms with Gasteiger partial charge in [0.25, 0.3) is 0 Å². The Balaban J connectivity index is 2.89. The Hall–Kier alpha value is -0.950. The van der Waals surface area contributed by atoms with E-state index in [0.717, 1.165) is 6.07 Å². The minimum Gasteiger partial charge on any atom is -0.382 e. The lowest BCUT2D eigenvalue weighted by Gasteiger charge is -2.16. The van der Waals surface area contributed by atoms with Crippen molar-refractivity contribution in [3.63, 3.8) is 0 Å². The molecule has 0 unspecified atom stereocenters. The van der Waals surface area contributed by atoms with Crippen LogP contribution in [-0.4, -0.2) is 26.0 Å². The van der Waals surface area contributed by atoms with E-state index >= 15 is 0 Å². The van der Waals surface area contributed by atoms with Crippen molar-refractivity contribution in [3.05, 3.63) is 28.8 Å². The third kappa shape index (κ3) is 4.28. The maximum atomic E-state index is 12.8. The van der Waals surface area contributed by atoms with E-state index in [1.807, 2.05) is 0 Å². The molecule has 0 saturated carbocycles. The third-order valence-electron chi connectivity index (χ3n) is 2.73. The van der Waals surface area contributed by atoms with Crippen molar-refractivity contribution >= 4 is 27.1 Å². The van der Waals surface area contributed by atoms with Crippen molar-refractivity contribution in [2.24, 2.45) is 0 Å². The molecule has 0 aliphatic rings. The summed E-state index contributed by atoms with van der Waals surface area (Å²) in [5.41, 5.74) is -1.20. The molecule has 114 valence electrons. The monoisotopic (exact) mass is 329 g/mol. The standard InChI is InChI=1S/C12H15ClF3NO2S/c1-8(2)20(18,19)7-6-17-11-9(12(14,15)16)4-3-5-10(11)13/h3-5,8,17H,6-7H2,1-2H3. The van der Waals surface area contributed by atoms with Gasteiger partial charge in [-0.25, -0.2) is 8.42 Å². The van der Waals surface area contributed by atoms with Gasteiger partial charge in [-0.15, -0.1) is 0 Å². The van der Waals surface area contributed by atoms with Gasteiger partial charge in [-0.2, -0.15) is 13.2 Å². The zero-order valence-electron chi connectivity index (χ0n) is 11.0. The van der Waals surface area contributed by atoms with Crippen LogP contribution < -0.4 is 5.32 Å². The molecule has 0 amide bonds. The average molecular weight is 330 g/mol. The molecule has 0 atom stereocenters.